The van der Waals surface area contributed by atoms with Crippen LogP contribution in [-0.4, -0.2) is 45.9 Å². The van der Waals surface area contributed by atoms with E-state index >= 15 is 0 Å². The van der Waals surface area contributed by atoms with Gasteiger partial charge in [-0.15, -0.1) is 0 Å². The maximum absolute atomic E-state index is 6.36. The van der Waals surface area contributed by atoms with Gasteiger partial charge in [-0.2, -0.15) is 5.10 Å². The number of rotatable bonds is 2. The Labute approximate surface area is 156 Å². The molecule has 0 radical (unpaired) electrons. The molecule has 8 heteroatoms. The molecule has 1 aliphatic heterocycles. The van der Waals surface area contributed by atoms with Gasteiger partial charge in [-0.05, 0) is 19.1 Å². The highest BCUT2D eigenvalue weighted by Gasteiger charge is 2.23. The fourth-order valence-corrected chi connectivity index (χ4v) is 3.67. The molecular formula is C17H18Cl2N6. The SMILES string of the molecule is Cc1nc(N2CCN(c3cccc(Cl)c3Cl)CC2)c2cnn(C)c2n1. The first-order valence-electron chi connectivity index (χ1n) is 8.15. The van der Waals surface area contributed by atoms with Crippen LogP contribution < -0.4 is 9.80 Å². The standard InChI is InChI=1S/C17H18Cl2N6/c1-11-21-16-12(10-20-23(16)2)17(22-11)25-8-6-24(7-9-25)14-5-3-4-13(18)15(14)19/h3-5,10H,6-9H2,1-2H3. The number of fused-ring (bicyclic) bond motifs is 1. The maximum Gasteiger partial charge on any atom is 0.163 e. The summed E-state index contributed by atoms with van der Waals surface area (Å²) in [5.74, 6) is 1.71. The van der Waals surface area contributed by atoms with E-state index in [-0.39, 0.29) is 0 Å². The van der Waals surface area contributed by atoms with Gasteiger partial charge in [0.15, 0.2) is 5.65 Å². The number of halogens is 2. The molecular weight excluding hydrogens is 359 g/mol. The Balaban J connectivity index is 1.59. The van der Waals surface area contributed by atoms with Crippen LogP contribution in [0.3, 0.4) is 0 Å². The Hall–Kier alpha value is -2.05. The number of benzene rings is 1. The summed E-state index contributed by atoms with van der Waals surface area (Å²) < 4.78 is 1.79. The Bertz CT molecular complexity index is 930. The highest BCUT2D eigenvalue weighted by molar-refractivity contribution is 6.43. The van der Waals surface area contributed by atoms with Crippen LogP contribution in [0.25, 0.3) is 11.0 Å². The van der Waals surface area contributed by atoms with E-state index in [1.807, 2.05) is 38.4 Å². The number of anilines is 2. The lowest BCUT2D eigenvalue weighted by Gasteiger charge is -2.37. The van der Waals surface area contributed by atoms with Crippen molar-refractivity contribution >= 4 is 45.7 Å². The second kappa shape index (κ2) is 6.35. The number of hydrogen-bond acceptors (Lipinski definition) is 5. The van der Waals surface area contributed by atoms with Crippen molar-refractivity contribution in [3.63, 3.8) is 0 Å². The van der Waals surface area contributed by atoms with Gasteiger partial charge in [0.25, 0.3) is 0 Å². The van der Waals surface area contributed by atoms with E-state index in [2.05, 4.69) is 24.9 Å². The molecule has 1 fully saturated rings. The average Bonchev–Trinajstić information content (AvgIpc) is 2.98. The molecule has 0 spiro atoms. The van der Waals surface area contributed by atoms with Crippen LogP contribution in [0.15, 0.2) is 24.4 Å². The molecule has 2 aromatic heterocycles. The van der Waals surface area contributed by atoms with E-state index in [0.717, 1.165) is 54.5 Å². The van der Waals surface area contributed by atoms with Crippen LogP contribution in [0.1, 0.15) is 5.82 Å². The molecule has 1 aliphatic rings. The second-order valence-corrected chi connectivity index (χ2v) is 6.93. The predicted molar refractivity (Wildman–Crippen MR) is 102 cm³/mol. The van der Waals surface area contributed by atoms with Gasteiger partial charge in [0.1, 0.15) is 11.6 Å². The van der Waals surface area contributed by atoms with Crippen molar-refractivity contribution in [2.24, 2.45) is 7.05 Å². The third-order valence-corrected chi connectivity index (χ3v) is 5.34. The molecule has 3 heterocycles. The predicted octanol–water partition coefficient (Wildman–Crippen LogP) is 3.31. The lowest BCUT2D eigenvalue weighted by Crippen LogP contribution is -2.47. The van der Waals surface area contributed by atoms with Gasteiger partial charge >= 0.3 is 0 Å². The van der Waals surface area contributed by atoms with Gasteiger partial charge in [0.2, 0.25) is 0 Å². The Morgan fingerprint density at radius 2 is 1.72 bits per heavy atom. The number of aryl methyl sites for hydroxylation is 2. The van der Waals surface area contributed by atoms with Crippen LogP contribution in [0.5, 0.6) is 0 Å². The minimum Gasteiger partial charge on any atom is -0.367 e. The average molecular weight is 377 g/mol. The molecule has 130 valence electrons. The lowest BCUT2D eigenvalue weighted by atomic mass is 10.2. The molecule has 0 bridgehead atoms. The number of hydrogen-bond donors (Lipinski definition) is 0. The van der Waals surface area contributed by atoms with Crippen molar-refractivity contribution in [2.45, 2.75) is 6.92 Å². The zero-order valence-electron chi connectivity index (χ0n) is 14.1. The summed E-state index contributed by atoms with van der Waals surface area (Å²) in [4.78, 5) is 13.7. The summed E-state index contributed by atoms with van der Waals surface area (Å²) in [7, 11) is 1.90. The Kier molecular flexibility index (Phi) is 4.17. The summed E-state index contributed by atoms with van der Waals surface area (Å²) >= 11 is 12.5. The van der Waals surface area contributed by atoms with Gasteiger partial charge in [-0.25, -0.2) is 9.97 Å². The smallest absolute Gasteiger partial charge is 0.163 e. The van der Waals surface area contributed by atoms with E-state index < -0.39 is 0 Å². The summed E-state index contributed by atoms with van der Waals surface area (Å²) in [6.45, 7) is 5.32. The van der Waals surface area contributed by atoms with Crippen molar-refractivity contribution in [2.75, 3.05) is 36.0 Å². The normalized spacial score (nSPS) is 15.2. The Morgan fingerprint density at radius 1 is 1.00 bits per heavy atom. The second-order valence-electron chi connectivity index (χ2n) is 6.15. The van der Waals surface area contributed by atoms with E-state index in [9.17, 15) is 0 Å². The first-order chi connectivity index (χ1) is 12.0. The van der Waals surface area contributed by atoms with E-state index in [4.69, 9.17) is 23.2 Å². The van der Waals surface area contributed by atoms with Gasteiger partial charge in [0.05, 0.1) is 27.3 Å². The van der Waals surface area contributed by atoms with Crippen LogP contribution in [0.4, 0.5) is 11.5 Å². The topological polar surface area (TPSA) is 50.1 Å². The van der Waals surface area contributed by atoms with Gasteiger partial charge in [-0.1, -0.05) is 29.3 Å². The monoisotopic (exact) mass is 376 g/mol. The van der Waals surface area contributed by atoms with Crippen molar-refractivity contribution < 1.29 is 0 Å². The van der Waals surface area contributed by atoms with E-state index in [1.165, 1.54) is 0 Å². The number of piperazine rings is 1. The molecule has 25 heavy (non-hydrogen) atoms. The summed E-state index contributed by atoms with van der Waals surface area (Å²) in [6.07, 6.45) is 1.84. The summed E-state index contributed by atoms with van der Waals surface area (Å²) in [6, 6.07) is 5.76. The molecule has 3 aromatic rings. The molecule has 0 aliphatic carbocycles. The molecule has 0 amide bonds. The molecule has 6 nitrogen and oxygen atoms in total. The first kappa shape index (κ1) is 16.4. The molecule has 0 saturated carbocycles. The lowest BCUT2D eigenvalue weighted by molar-refractivity contribution is 0.648. The van der Waals surface area contributed by atoms with Crippen LogP contribution in [-0.2, 0) is 7.05 Å². The summed E-state index contributed by atoms with van der Waals surface area (Å²) in [5, 5.41) is 6.51. The molecule has 1 aromatic carbocycles. The highest BCUT2D eigenvalue weighted by atomic mass is 35.5. The fraction of sp³-hybridized carbons (Fsp3) is 0.353. The minimum absolute atomic E-state index is 0.588. The number of nitrogens with zero attached hydrogens (tertiary/aromatic N) is 6. The zero-order chi connectivity index (χ0) is 17.6. The van der Waals surface area contributed by atoms with Crippen molar-refractivity contribution in [3.8, 4) is 0 Å². The van der Waals surface area contributed by atoms with Crippen molar-refractivity contribution in [3.05, 3.63) is 40.3 Å². The maximum atomic E-state index is 6.36. The molecule has 0 unspecified atom stereocenters. The highest BCUT2D eigenvalue weighted by Crippen LogP contribution is 2.33. The van der Waals surface area contributed by atoms with E-state index in [1.54, 1.807) is 4.68 Å². The molecule has 0 N–H and O–H groups in total. The largest absolute Gasteiger partial charge is 0.367 e. The van der Waals surface area contributed by atoms with Crippen LogP contribution in [0.2, 0.25) is 10.0 Å². The third kappa shape index (κ3) is 2.89. The minimum atomic E-state index is 0.588. The zero-order valence-corrected chi connectivity index (χ0v) is 15.6. The summed E-state index contributed by atoms with van der Waals surface area (Å²) in [5.41, 5.74) is 1.85. The molecule has 1 saturated heterocycles. The number of aromatic nitrogens is 4. The van der Waals surface area contributed by atoms with E-state index in [0.29, 0.717) is 10.0 Å². The van der Waals surface area contributed by atoms with Crippen molar-refractivity contribution in [1.82, 2.24) is 19.7 Å². The van der Waals surface area contributed by atoms with Crippen LogP contribution >= 0.6 is 23.2 Å². The third-order valence-electron chi connectivity index (χ3n) is 4.53. The fourth-order valence-electron chi connectivity index (χ4n) is 3.25. The van der Waals surface area contributed by atoms with Crippen LogP contribution in [0, 0.1) is 6.92 Å². The molecule has 4 rings (SSSR count). The molecule has 0 atom stereocenters. The first-order valence-corrected chi connectivity index (χ1v) is 8.90. The van der Waals surface area contributed by atoms with Gasteiger partial charge < -0.3 is 9.80 Å². The Morgan fingerprint density at radius 3 is 2.48 bits per heavy atom. The van der Waals surface area contributed by atoms with Gasteiger partial charge in [-0.3, -0.25) is 4.68 Å². The van der Waals surface area contributed by atoms with Crippen molar-refractivity contribution in [1.29, 1.82) is 0 Å². The van der Waals surface area contributed by atoms with Gasteiger partial charge in [0, 0.05) is 33.2 Å². The quantitative estimate of drug-likeness (QED) is 0.686.